The highest BCUT2D eigenvalue weighted by Crippen LogP contribution is 2.25. The SMILES string of the molecule is O=C(Nc1ccc(Nc2ccccc2F)nc1)C1CCCCC1. The second-order valence-corrected chi connectivity index (χ2v) is 5.86. The van der Waals surface area contributed by atoms with Gasteiger partial charge in [-0.3, -0.25) is 4.79 Å². The molecule has 120 valence electrons. The zero-order valence-electron chi connectivity index (χ0n) is 12.9. The number of carbonyl (C=O) groups excluding carboxylic acids is 1. The van der Waals surface area contributed by atoms with E-state index < -0.39 is 0 Å². The molecule has 23 heavy (non-hydrogen) atoms. The number of anilines is 3. The van der Waals surface area contributed by atoms with Crippen LogP contribution in [0.5, 0.6) is 0 Å². The summed E-state index contributed by atoms with van der Waals surface area (Å²) in [6.45, 7) is 0. The van der Waals surface area contributed by atoms with Gasteiger partial charge in [0.1, 0.15) is 11.6 Å². The van der Waals surface area contributed by atoms with Crippen LogP contribution in [0.15, 0.2) is 42.6 Å². The van der Waals surface area contributed by atoms with Crippen molar-refractivity contribution in [3.05, 3.63) is 48.4 Å². The van der Waals surface area contributed by atoms with Gasteiger partial charge in [-0.15, -0.1) is 0 Å². The summed E-state index contributed by atoms with van der Waals surface area (Å²) in [5, 5.41) is 5.83. The molecule has 4 nitrogen and oxygen atoms in total. The molecular weight excluding hydrogens is 293 g/mol. The molecule has 2 N–H and O–H groups in total. The lowest BCUT2D eigenvalue weighted by molar-refractivity contribution is -0.120. The van der Waals surface area contributed by atoms with Gasteiger partial charge >= 0.3 is 0 Å². The van der Waals surface area contributed by atoms with Gasteiger partial charge in [-0.2, -0.15) is 0 Å². The summed E-state index contributed by atoms with van der Waals surface area (Å²) in [7, 11) is 0. The van der Waals surface area contributed by atoms with E-state index in [1.807, 2.05) is 0 Å². The Kier molecular flexibility index (Phi) is 4.86. The number of amides is 1. The number of halogens is 1. The molecule has 1 saturated carbocycles. The van der Waals surface area contributed by atoms with Crippen molar-refractivity contribution in [3.63, 3.8) is 0 Å². The highest BCUT2D eigenvalue weighted by Gasteiger charge is 2.21. The number of nitrogens with zero attached hydrogens (tertiary/aromatic N) is 1. The highest BCUT2D eigenvalue weighted by molar-refractivity contribution is 5.92. The average Bonchev–Trinajstić information content (AvgIpc) is 2.59. The summed E-state index contributed by atoms with van der Waals surface area (Å²) in [4.78, 5) is 16.4. The lowest BCUT2D eigenvalue weighted by atomic mass is 9.88. The van der Waals surface area contributed by atoms with E-state index in [4.69, 9.17) is 0 Å². The summed E-state index contributed by atoms with van der Waals surface area (Å²) in [6, 6.07) is 9.93. The van der Waals surface area contributed by atoms with Crippen LogP contribution in [-0.4, -0.2) is 10.9 Å². The molecule has 1 aliphatic carbocycles. The maximum atomic E-state index is 13.6. The van der Waals surface area contributed by atoms with Crippen LogP contribution < -0.4 is 10.6 Å². The van der Waals surface area contributed by atoms with Crippen LogP contribution in [0.4, 0.5) is 21.6 Å². The van der Waals surface area contributed by atoms with Crippen LogP contribution >= 0.6 is 0 Å². The van der Waals surface area contributed by atoms with Gasteiger partial charge in [-0.1, -0.05) is 31.4 Å². The third-order valence-corrected chi connectivity index (χ3v) is 4.14. The lowest BCUT2D eigenvalue weighted by Crippen LogP contribution is -2.24. The Morgan fingerprint density at radius 3 is 2.57 bits per heavy atom. The minimum atomic E-state index is -0.330. The molecule has 1 heterocycles. The summed E-state index contributed by atoms with van der Waals surface area (Å²) in [5.74, 6) is 0.385. The normalized spacial score (nSPS) is 15.2. The molecule has 1 aromatic carbocycles. The molecule has 5 heteroatoms. The first-order chi connectivity index (χ1) is 11.2. The zero-order chi connectivity index (χ0) is 16.1. The molecule has 1 aliphatic rings. The minimum Gasteiger partial charge on any atom is -0.338 e. The Morgan fingerprint density at radius 2 is 1.87 bits per heavy atom. The quantitative estimate of drug-likeness (QED) is 0.875. The molecule has 3 rings (SSSR count). The largest absolute Gasteiger partial charge is 0.338 e. The fourth-order valence-corrected chi connectivity index (χ4v) is 2.85. The fourth-order valence-electron chi connectivity index (χ4n) is 2.85. The average molecular weight is 313 g/mol. The van der Waals surface area contributed by atoms with E-state index in [0.29, 0.717) is 17.2 Å². The van der Waals surface area contributed by atoms with Crippen LogP contribution in [-0.2, 0) is 4.79 Å². The van der Waals surface area contributed by atoms with Crippen LogP contribution in [0.2, 0.25) is 0 Å². The molecule has 0 bridgehead atoms. The number of carbonyl (C=O) groups is 1. The van der Waals surface area contributed by atoms with Crippen molar-refractivity contribution in [1.29, 1.82) is 0 Å². The van der Waals surface area contributed by atoms with Crippen molar-refractivity contribution in [1.82, 2.24) is 4.98 Å². The predicted octanol–water partition coefficient (Wildman–Crippen LogP) is 4.48. The zero-order valence-corrected chi connectivity index (χ0v) is 12.9. The van der Waals surface area contributed by atoms with Crippen molar-refractivity contribution in [3.8, 4) is 0 Å². The molecule has 0 spiro atoms. The number of rotatable bonds is 4. The van der Waals surface area contributed by atoms with Gasteiger partial charge in [0.05, 0.1) is 17.6 Å². The van der Waals surface area contributed by atoms with Crippen LogP contribution in [0.25, 0.3) is 0 Å². The smallest absolute Gasteiger partial charge is 0.227 e. The van der Waals surface area contributed by atoms with Crippen molar-refractivity contribution in [2.45, 2.75) is 32.1 Å². The van der Waals surface area contributed by atoms with Gasteiger partial charge in [-0.25, -0.2) is 9.37 Å². The van der Waals surface area contributed by atoms with E-state index in [2.05, 4.69) is 15.6 Å². The van der Waals surface area contributed by atoms with E-state index in [0.717, 1.165) is 25.7 Å². The first kappa shape index (κ1) is 15.5. The molecule has 0 saturated heterocycles. The number of para-hydroxylation sites is 1. The summed E-state index contributed by atoms with van der Waals surface area (Å²) in [5.41, 5.74) is 1.04. The van der Waals surface area contributed by atoms with Crippen LogP contribution in [0.3, 0.4) is 0 Å². The Morgan fingerprint density at radius 1 is 1.09 bits per heavy atom. The van der Waals surface area contributed by atoms with Crippen molar-refractivity contribution >= 4 is 23.1 Å². The molecule has 0 aliphatic heterocycles. The number of pyridine rings is 1. The monoisotopic (exact) mass is 313 g/mol. The minimum absolute atomic E-state index is 0.0707. The second kappa shape index (κ2) is 7.22. The van der Waals surface area contributed by atoms with Gasteiger partial charge in [0.15, 0.2) is 0 Å². The number of hydrogen-bond acceptors (Lipinski definition) is 3. The maximum Gasteiger partial charge on any atom is 0.227 e. The summed E-state index contributed by atoms with van der Waals surface area (Å²) < 4.78 is 13.6. The molecule has 1 fully saturated rings. The Bertz CT molecular complexity index is 666. The molecular formula is C18H20FN3O. The first-order valence-electron chi connectivity index (χ1n) is 8.01. The number of benzene rings is 1. The van der Waals surface area contributed by atoms with Gasteiger partial charge in [-0.05, 0) is 37.1 Å². The van der Waals surface area contributed by atoms with Gasteiger partial charge in [0.25, 0.3) is 0 Å². The van der Waals surface area contributed by atoms with Gasteiger partial charge < -0.3 is 10.6 Å². The van der Waals surface area contributed by atoms with Crippen LogP contribution in [0, 0.1) is 11.7 Å². The highest BCUT2D eigenvalue weighted by atomic mass is 19.1. The summed E-state index contributed by atoms with van der Waals surface area (Å²) >= 11 is 0. The molecule has 0 unspecified atom stereocenters. The predicted molar refractivity (Wildman–Crippen MR) is 89.1 cm³/mol. The number of hydrogen-bond donors (Lipinski definition) is 2. The molecule has 0 radical (unpaired) electrons. The second-order valence-electron chi connectivity index (χ2n) is 5.86. The number of aromatic nitrogens is 1. The topological polar surface area (TPSA) is 54.0 Å². The first-order valence-corrected chi connectivity index (χ1v) is 8.01. The molecule has 1 amide bonds. The Hall–Kier alpha value is -2.43. The van der Waals surface area contributed by atoms with E-state index in [1.165, 1.54) is 12.5 Å². The maximum absolute atomic E-state index is 13.6. The molecule has 0 atom stereocenters. The molecule has 1 aromatic heterocycles. The lowest BCUT2D eigenvalue weighted by Gasteiger charge is -2.20. The van der Waals surface area contributed by atoms with E-state index >= 15 is 0 Å². The van der Waals surface area contributed by atoms with Crippen LogP contribution in [0.1, 0.15) is 32.1 Å². The fraction of sp³-hybridized carbons (Fsp3) is 0.333. The third kappa shape index (κ3) is 4.06. The van der Waals surface area contributed by atoms with Crippen molar-refractivity contribution in [2.24, 2.45) is 5.92 Å². The van der Waals surface area contributed by atoms with Crippen molar-refractivity contribution in [2.75, 3.05) is 10.6 Å². The van der Waals surface area contributed by atoms with Gasteiger partial charge in [0.2, 0.25) is 5.91 Å². The van der Waals surface area contributed by atoms with Crippen molar-refractivity contribution < 1.29 is 9.18 Å². The Balaban J connectivity index is 1.60. The van der Waals surface area contributed by atoms with Gasteiger partial charge in [0, 0.05) is 5.92 Å². The van der Waals surface area contributed by atoms with E-state index in [9.17, 15) is 9.18 Å². The van der Waals surface area contributed by atoms with E-state index in [1.54, 1.807) is 36.5 Å². The third-order valence-electron chi connectivity index (χ3n) is 4.14. The molecule has 2 aromatic rings. The summed E-state index contributed by atoms with van der Waals surface area (Å²) in [6.07, 6.45) is 6.99. The van der Waals surface area contributed by atoms with E-state index in [-0.39, 0.29) is 17.6 Å². The standard InChI is InChI=1S/C18H20FN3O/c19-15-8-4-5-9-16(15)22-17-11-10-14(12-20-17)21-18(23)13-6-2-1-3-7-13/h4-5,8-13H,1-3,6-7H2,(H,20,22)(H,21,23). The number of nitrogens with one attached hydrogen (secondary N) is 2. The Labute approximate surface area is 135 Å².